The third-order valence-electron chi connectivity index (χ3n) is 3.53. The minimum absolute atomic E-state index is 0.0778. The van der Waals surface area contributed by atoms with E-state index in [0.717, 1.165) is 18.7 Å². The molecule has 1 aliphatic rings. The number of primary amides is 1. The number of nitrogens with one attached hydrogen (secondary N) is 1. The van der Waals surface area contributed by atoms with E-state index < -0.39 is 22.3 Å². The molecule has 0 spiro atoms. The second kappa shape index (κ2) is 5.35. The van der Waals surface area contributed by atoms with E-state index >= 15 is 0 Å². The number of anilines is 1. The van der Waals surface area contributed by atoms with Crippen LogP contribution in [0.1, 0.15) is 36.0 Å². The highest BCUT2D eigenvalue weighted by Crippen LogP contribution is 2.38. The molecule has 4 N–H and O–H groups in total. The van der Waals surface area contributed by atoms with Crippen LogP contribution >= 0.6 is 0 Å². The van der Waals surface area contributed by atoms with Crippen LogP contribution in [0.2, 0.25) is 0 Å². The molecule has 9 heteroatoms. The first-order valence-electron chi connectivity index (χ1n) is 6.27. The fraction of sp³-hybridized carbons (Fsp3) is 0.417. The Hall–Kier alpha value is -2.71. The fourth-order valence-corrected chi connectivity index (χ4v) is 2.33. The second-order valence-electron chi connectivity index (χ2n) is 5.04. The SMILES string of the molecule is NC(=O)c1cc([N+](=O)[O-])cnc1NC1(CC(=O)O)CCC1. The molecule has 21 heavy (non-hydrogen) atoms. The van der Waals surface area contributed by atoms with E-state index in [4.69, 9.17) is 10.8 Å². The summed E-state index contributed by atoms with van der Waals surface area (Å²) in [6, 6.07) is 1.03. The summed E-state index contributed by atoms with van der Waals surface area (Å²) in [5, 5.41) is 22.6. The van der Waals surface area contributed by atoms with E-state index in [1.165, 1.54) is 0 Å². The summed E-state index contributed by atoms with van der Waals surface area (Å²) in [5.41, 5.74) is 4.05. The average molecular weight is 294 g/mol. The van der Waals surface area contributed by atoms with Crippen LogP contribution in [-0.2, 0) is 4.79 Å². The van der Waals surface area contributed by atoms with E-state index in [1.807, 2.05) is 0 Å². The van der Waals surface area contributed by atoms with Gasteiger partial charge in [-0.3, -0.25) is 19.7 Å². The van der Waals surface area contributed by atoms with Gasteiger partial charge in [0.2, 0.25) is 0 Å². The van der Waals surface area contributed by atoms with Crippen molar-refractivity contribution in [2.45, 2.75) is 31.2 Å². The number of carboxylic acid groups (broad SMARTS) is 1. The van der Waals surface area contributed by atoms with Gasteiger partial charge in [-0.05, 0) is 19.3 Å². The lowest BCUT2D eigenvalue weighted by atomic mass is 9.74. The fourth-order valence-electron chi connectivity index (χ4n) is 2.33. The molecule has 1 aliphatic carbocycles. The Morgan fingerprint density at radius 1 is 1.52 bits per heavy atom. The molecular formula is C12H14N4O5. The number of carboxylic acids is 1. The Kier molecular flexibility index (Phi) is 3.74. The Morgan fingerprint density at radius 3 is 2.62 bits per heavy atom. The minimum Gasteiger partial charge on any atom is -0.481 e. The number of rotatable bonds is 6. The molecule has 1 amide bonds. The number of nitrogens with two attached hydrogens (primary N) is 1. The Labute approximate surface area is 119 Å². The highest BCUT2D eigenvalue weighted by Gasteiger charge is 2.40. The molecule has 1 fully saturated rings. The Bertz CT molecular complexity index is 612. The van der Waals surface area contributed by atoms with Gasteiger partial charge in [0, 0.05) is 11.6 Å². The number of hydrogen-bond donors (Lipinski definition) is 3. The molecule has 0 bridgehead atoms. The minimum atomic E-state index is -0.968. The lowest BCUT2D eigenvalue weighted by molar-refractivity contribution is -0.385. The van der Waals surface area contributed by atoms with Crippen LogP contribution in [0.4, 0.5) is 11.5 Å². The number of aromatic nitrogens is 1. The largest absolute Gasteiger partial charge is 0.481 e. The van der Waals surface area contributed by atoms with Crippen LogP contribution in [0, 0.1) is 10.1 Å². The molecule has 1 aromatic rings. The van der Waals surface area contributed by atoms with Gasteiger partial charge in [0.1, 0.15) is 12.0 Å². The van der Waals surface area contributed by atoms with Gasteiger partial charge in [-0.25, -0.2) is 4.98 Å². The summed E-state index contributed by atoms with van der Waals surface area (Å²) in [7, 11) is 0. The number of nitrogens with zero attached hydrogens (tertiary/aromatic N) is 2. The first-order chi connectivity index (χ1) is 9.83. The van der Waals surface area contributed by atoms with Crippen molar-refractivity contribution in [2.75, 3.05) is 5.32 Å². The van der Waals surface area contributed by atoms with Crippen molar-refractivity contribution in [3.05, 3.63) is 27.9 Å². The maximum Gasteiger partial charge on any atom is 0.305 e. The molecule has 2 rings (SSSR count). The lowest BCUT2D eigenvalue weighted by Gasteiger charge is -2.42. The van der Waals surface area contributed by atoms with Gasteiger partial charge in [0.05, 0.1) is 16.9 Å². The number of hydrogen-bond acceptors (Lipinski definition) is 6. The van der Waals surface area contributed by atoms with E-state index in [-0.39, 0.29) is 23.5 Å². The van der Waals surface area contributed by atoms with Crippen LogP contribution < -0.4 is 11.1 Å². The molecule has 0 aromatic carbocycles. The first-order valence-corrected chi connectivity index (χ1v) is 6.27. The highest BCUT2D eigenvalue weighted by molar-refractivity contribution is 5.98. The number of amides is 1. The lowest BCUT2D eigenvalue weighted by Crippen LogP contribution is -2.47. The Morgan fingerprint density at radius 2 is 2.19 bits per heavy atom. The molecule has 1 saturated carbocycles. The maximum absolute atomic E-state index is 11.4. The first kappa shape index (κ1) is 14.7. The molecule has 0 unspecified atom stereocenters. The zero-order chi connectivity index (χ0) is 15.6. The zero-order valence-electron chi connectivity index (χ0n) is 11.0. The molecule has 0 aliphatic heterocycles. The van der Waals surface area contributed by atoms with Crippen molar-refractivity contribution in [3.63, 3.8) is 0 Å². The smallest absolute Gasteiger partial charge is 0.305 e. The van der Waals surface area contributed by atoms with Gasteiger partial charge < -0.3 is 16.2 Å². The number of pyridine rings is 1. The average Bonchev–Trinajstić information content (AvgIpc) is 2.35. The second-order valence-corrected chi connectivity index (χ2v) is 5.04. The van der Waals surface area contributed by atoms with Crippen LogP contribution in [0.5, 0.6) is 0 Å². The van der Waals surface area contributed by atoms with Crippen molar-refractivity contribution < 1.29 is 19.6 Å². The van der Waals surface area contributed by atoms with Gasteiger partial charge in [-0.1, -0.05) is 0 Å². The van der Waals surface area contributed by atoms with E-state index in [2.05, 4.69) is 10.3 Å². The summed E-state index contributed by atoms with van der Waals surface area (Å²) in [5.74, 6) is -1.75. The number of carbonyl (C=O) groups excluding carboxylic acids is 1. The zero-order valence-corrected chi connectivity index (χ0v) is 11.0. The standard InChI is InChI=1S/C12H14N4O5/c13-10(19)8-4-7(16(20)21)6-14-11(8)15-12(2-1-3-12)5-9(17)18/h4,6H,1-3,5H2,(H2,13,19)(H,14,15)(H,17,18). The van der Waals surface area contributed by atoms with Crippen molar-refractivity contribution in [1.82, 2.24) is 4.98 Å². The Balaban J connectivity index is 2.32. The van der Waals surface area contributed by atoms with Crippen LogP contribution in [0.3, 0.4) is 0 Å². The van der Waals surface area contributed by atoms with Gasteiger partial charge in [-0.15, -0.1) is 0 Å². The van der Waals surface area contributed by atoms with Gasteiger partial charge in [0.25, 0.3) is 11.6 Å². The quantitative estimate of drug-likeness (QED) is 0.521. The van der Waals surface area contributed by atoms with Gasteiger partial charge in [0.15, 0.2) is 0 Å². The van der Waals surface area contributed by atoms with Crippen molar-refractivity contribution in [2.24, 2.45) is 5.73 Å². The molecule has 0 atom stereocenters. The van der Waals surface area contributed by atoms with Crippen LogP contribution in [0.25, 0.3) is 0 Å². The molecule has 9 nitrogen and oxygen atoms in total. The van der Waals surface area contributed by atoms with Gasteiger partial charge >= 0.3 is 5.97 Å². The summed E-state index contributed by atoms with van der Waals surface area (Å²) in [6.45, 7) is 0. The molecule has 112 valence electrons. The van der Waals surface area contributed by atoms with Crippen LogP contribution in [0.15, 0.2) is 12.3 Å². The van der Waals surface area contributed by atoms with E-state index in [0.29, 0.717) is 12.8 Å². The molecule has 1 heterocycles. The molecular weight excluding hydrogens is 280 g/mol. The monoisotopic (exact) mass is 294 g/mol. The van der Waals surface area contributed by atoms with E-state index in [9.17, 15) is 19.7 Å². The molecule has 0 saturated heterocycles. The van der Waals surface area contributed by atoms with E-state index in [1.54, 1.807) is 0 Å². The van der Waals surface area contributed by atoms with Crippen LogP contribution in [-0.4, -0.2) is 32.4 Å². The summed E-state index contributed by atoms with van der Waals surface area (Å²) >= 11 is 0. The third-order valence-corrected chi connectivity index (χ3v) is 3.53. The summed E-state index contributed by atoms with van der Waals surface area (Å²) < 4.78 is 0. The predicted molar refractivity (Wildman–Crippen MR) is 71.9 cm³/mol. The molecule has 1 aromatic heterocycles. The van der Waals surface area contributed by atoms with Crippen molar-refractivity contribution in [3.8, 4) is 0 Å². The summed E-state index contributed by atoms with van der Waals surface area (Å²) in [4.78, 5) is 36.2. The molecule has 0 radical (unpaired) electrons. The maximum atomic E-state index is 11.4. The third kappa shape index (κ3) is 3.07. The topological polar surface area (TPSA) is 148 Å². The predicted octanol–water partition coefficient (Wildman–Crippen LogP) is 0.898. The number of carbonyl (C=O) groups is 2. The highest BCUT2D eigenvalue weighted by atomic mass is 16.6. The van der Waals surface area contributed by atoms with Crippen molar-refractivity contribution in [1.29, 1.82) is 0 Å². The number of aliphatic carboxylic acids is 1. The normalized spacial score (nSPS) is 15.8. The summed E-state index contributed by atoms with van der Waals surface area (Å²) in [6.07, 6.45) is 2.98. The van der Waals surface area contributed by atoms with Crippen molar-refractivity contribution >= 4 is 23.4 Å². The van der Waals surface area contributed by atoms with Gasteiger partial charge in [-0.2, -0.15) is 0 Å². The number of nitro groups is 1.